The first-order chi connectivity index (χ1) is 7.95. The highest BCUT2D eigenvalue weighted by atomic mass is 16.2. The normalized spacial score (nSPS) is 33.6. The van der Waals surface area contributed by atoms with Crippen molar-refractivity contribution >= 4 is 5.91 Å². The Morgan fingerprint density at radius 1 is 1.35 bits per heavy atom. The zero-order valence-corrected chi connectivity index (χ0v) is 11.4. The molecule has 1 saturated carbocycles. The summed E-state index contributed by atoms with van der Waals surface area (Å²) in [6, 6.07) is 0.316. The minimum atomic E-state index is -0.211. The average Bonchev–Trinajstić information content (AvgIpc) is 2.73. The molecule has 0 radical (unpaired) electrons. The summed E-state index contributed by atoms with van der Waals surface area (Å²) in [7, 11) is 0. The van der Waals surface area contributed by atoms with Gasteiger partial charge < -0.3 is 10.6 Å². The third-order valence-electron chi connectivity index (χ3n) is 4.90. The van der Waals surface area contributed by atoms with E-state index in [2.05, 4.69) is 25.7 Å². The number of carbonyl (C=O) groups excluding carboxylic acids is 1. The van der Waals surface area contributed by atoms with Gasteiger partial charge in [-0.15, -0.1) is 0 Å². The molecule has 1 aliphatic heterocycles. The number of likely N-dealkylation sites (tertiary alicyclic amines) is 1. The van der Waals surface area contributed by atoms with Crippen LogP contribution in [0.1, 0.15) is 46.5 Å². The number of nitrogens with two attached hydrogens (primary N) is 1. The first-order valence-corrected chi connectivity index (χ1v) is 7.00. The summed E-state index contributed by atoms with van der Waals surface area (Å²) >= 11 is 0. The summed E-state index contributed by atoms with van der Waals surface area (Å²) in [6.45, 7) is 8.04. The van der Waals surface area contributed by atoms with Crippen molar-refractivity contribution in [2.75, 3.05) is 13.1 Å². The van der Waals surface area contributed by atoms with Gasteiger partial charge in [-0.25, -0.2) is 0 Å². The van der Waals surface area contributed by atoms with E-state index in [4.69, 9.17) is 5.73 Å². The van der Waals surface area contributed by atoms with Crippen LogP contribution in [0.3, 0.4) is 0 Å². The standard InChI is InChI=1S/C14H26N2O/c1-4-14(2,3)13(17)16-8-10-6-5-7-12(15)11(10)9-16/h10-12H,4-9,15H2,1-3H3. The molecule has 0 bridgehead atoms. The molecule has 0 aromatic heterocycles. The highest BCUT2D eigenvalue weighted by Gasteiger charge is 2.42. The maximum atomic E-state index is 12.4. The number of nitrogens with zero attached hydrogens (tertiary/aromatic N) is 1. The van der Waals surface area contributed by atoms with E-state index >= 15 is 0 Å². The van der Waals surface area contributed by atoms with Crippen LogP contribution in [-0.2, 0) is 4.79 Å². The van der Waals surface area contributed by atoms with E-state index < -0.39 is 0 Å². The fourth-order valence-electron chi connectivity index (χ4n) is 3.26. The molecule has 17 heavy (non-hydrogen) atoms. The van der Waals surface area contributed by atoms with Crippen molar-refractivity contribution in [2.24, 2.45) is 23.0 Å². The lowest BCUT2D eigenvalue weighted by Gasteiger charge is -2.29. The Hall–Kier alpha value is -0.570. The van der Waals surface area contributed by atoms with Gasteiger partial charge in [0, 0.05) is 24.5 Å². The lowest BCUT2D eigenvalue weighted by Crippen LogP contribution is -2.41. The van der Waals surface area contributed by atoms with Crippen molar-refractivity contribution in [3.05, 3.63) is 0 Å². The maximum Gasteiger partial charge on any atom is 0.228 e. The molecule has 3 heteroatoms. The monoisotopic (exact) mass is 238 g/mol. The van der Waals surface area contributed by atoms with E-state index in [1.165, 1.54) is 12.8 Å². The van der Waals surface area contributed by atoms with Gasteiger partial charge in [0.05, 0.1) is 0 Å². The number of amides is 1. The van der Waals surface area contributed by atoms with Gasteiger partial charge in [-0.1, -0.05) is 27.2 Å². The van der Waals surface area contributed by atoms with E-state index in [-0.39, 0.29) is 5.41 Å². The van der Waals surface area contributed by atoms with Crippen molar-refractivity contribution in [1.29, 1.82) is 0 Å². The Balaban J connectivity index is 2.04. The third kappa shape index (κ3) is 2.35. The first kappa shape index (κ1) is 12.9. The first-order valence-electron chi connectivity index (χ1n) is 7.00. The molecule has 2 aliphatic rings. The van der Waals surface area contributed by atoms with Crippen LogP contribution in [0.2, 0.25) is 0 Å². The molecule has 3 unspecified atom stereocenters. The largest absolute Gasteiger partial charge is 0.342 e. The average molecular weight is 238 g/mol. The minimum Gasteiger partial charge on any atom is -0.342 e. The summed E-state index contributed by atoms with van der Waals surface area (Å²) in [6.07, 6.45) is 4.54. The number of carbonyl (C=O) groups is 1. The molecule has 2 N–H and O–H groups in total. The number of hydrogen-bond donors (Lipinski definition) is 1. The molecule has 1 aliphatic carbocycles. The molecule has 3 nitrogen and oxygen atoms in total. The number of hydrogen-bond acceptors (Lipinski definition) is 2. The fraction of sp³-hybridized carbons (Fsp3) is 0.929. The van der Waals surface area contributed by atoms with E-state index in [1.807, 2.05) is 0 Å². The predicted molar refractivity (Wildman–Crippen MR) is 69.5 cm³/mol. The molecule has 0 spiro atoms. The zero-order valence-electron chi connectivity index (χ0n) is 11.4. The second-order valence-corrected chi connectivity index (χ2v) is 6.47. The van der Waals surface area contributed by atoms with E-state index in [0.29, 0.717) is 23.8 Å². The van der Waals surface area contributed by atoms with Crippen molar-refractivity contribution in [3.8, 4) is 0 Å². The maximum absolute atomic E-state index is 12.4. The zero-order chi connectivity index (χ0) is 12.6. The fourth-order valence-corrected chi connectivity index (χ4v) is 3.26. The molecular weight excluding hydrogens is 212 g/mol. The van der Waals surface area contributed by atoms with Crippen LogP contribution in [-0.4, -0.2) is 29.9 Å². The van der Waals surface area contributed by atoms with Crippen LogP contribution in [0.5, 0.6) is 0 Å². The lowest BCUT2D eigenvalue weighted by molar-refractivity contribution is -0.139. The van der Waals surface area contributed by atoms with Crippen LogP contribution in [0.25, 0.3) is 0 Å². The van der Waals surface area contributed by atoms with Gasteiger partial charge in [-0.05, 0) is 31.1 Å². The number of fused-ring (bicyclic) bond motifs is 1. The predicted octanol–water partition coefficient (Wildman–Crippen LogP) is 2.01. The van der Waals surface area contributed by atoms with Crippen LogP contribution >= 0.6 is 0 Å². The molecule has 3 atom stereocenters. The SMILES string of the molecule is CCC(C)(C)C(=O)N1CC2CCCC(N)C2C1. The second-order valence-electron chi connectivity index (χ2n) is 6.47. The Morgan fingerprint density at radius 3 is 2.65 bits per heavy atom. The topological polar surface area (TPSA) is 46.3 Å². The van der Waals surface area contributed by atoms with E-state index in [9.17, 15) is 4.79 Å². The molecule has 1 heterocycles. The van der Waals surface area contributed by atoms with Crippen LogP contribution < -0.4 is 5.73 Å². The third-order valence-corrected chi connectivity index (χ3v) is 4.90. The van der Waals surface area contributed by atoms with E-state index in [0.717, 1.165) is 25.9 Å². The van der Waals surface area contributed by atoms with Crippen LogP contribution in [0.15, 0.2) is 0 Å². The van der Waals surface area contributed by atoms with Gasteiger partial charge in [0.25, 0.3) is 0 Å². The second kappa shape index (κ2) is 4.60. The quantitative estimate of drug-likeness (QED) is 0.800. The molecule has 2 fully saturated rings. The highest BCUT2D eigenvalue weighted by molar-refractivity contribution is 5.82. The van der Waals surface area contributed by atoms with Crippen molar-refractivity contribution in [3.63, 3.8) is 0 Å². The van der Waals surface area contributed by atoms with Crippen LogP contribution in [0.4, 0.5) is 0 Å². The van der Waals surface area contributed by atoms with Gasteiger partial charge >= 0.3 is 0 Å². The van der Waals surface area contributed by atoms with Crippen molar-refractivity contribution in [1.82, 2.24) is 4.90 Å². The summed E-state index contributed by atoms with van der Waals surface area (Å²) < 4.78 is 0. The molecule has 0 aromatic rings. The summed E-state index contributed by atoms with van der Waals surface area (Å²) in [5.74, 6) is 1.54. The molecule has 0 aromatic carbocycles. The van der Waals surface area contributed by atoms with Crippen molar-refractivity contribution in [2.45, 2.75) is 52.5 Å². The Labute approximate surface area is 105 Å². The lowest BCUT2D eigenvalue weighted by atomic mass is 9.78. The van der Waals surface area contributed by atoms with Gasteiger partial charge in [0.1, 0.15) is 0 Å². The molecule has 98 valence electrons. The van der Waals surface area contributed by atoms with Gasteiger partial charge in [0.2, 0.25) is 5.91 Å². The highest BCUT2D eigenvalue weighted by Crippen LogP contribution is 2.37. The Bertz CT molecular complexity index is 301. The Morgan fingerprint density at radius 2 is 2.06 bits per heavy atom. The summed E-state index contributed by atoms with van der Waals surface area (Å²) in [4.78, 5) is 14.5. The molecule has 1 saturated heterocycles. The number of rotatable bonds is 2. The molecule has 1 amide bonds. The molecular formula is C14H26N2O. The van der Waals surface area contributed by atoms with Crippen LogP contribution in [0, 0.1) is 17.3 Å². The molecule has 2 rings (SSSR count). The van der Waals surface area contributed by atoms with Gasteiger partial charge in [-0.3, -0.25) is 4.79 Å². The van der Waals surface area contributed by atoms with Crippen molar-refractivity contribution < 1.29 is 4.79 Å². The summed E-state index contributed by atoms with van der Waals surface area (Å²) in [5.41, 5.74) is 5.98. The Kier molecular flexibility index (Phi) is 3.48. The van der Waals surface area contributed by atoms with Gasteiger partial charge in [0.15, 0.2) is 0 Å². The van der Waals surface area contributed by atoms with E-state index in [1.54, 1.807) is 0 Å². The smallest absolute Gasteiger partial charge is 0.228 e. The minimum absolute atomic E-state index is 0.211. The summed E-state index contributed by atoms with van der Waals surface area (Å²) in [5, 5.41) is 0. The van der Waals surface area contributed by atoms with Gasteiger partial charge in [-0.2, -0.15) is 0 Å².